The first-order chi connectivity index (χ1) is 18.3. The molecule has 0 saturated carbocycles. The van der Waals surface area contributed by atoms with Crippen LogP contribution in [0, 0.1) is 0 Å². The number of aliphatic carboxylic acids is 2. The minimum Gasteiger partial charge on any atom is -0.475 e. The van der Waals surface area contributed by atoms with Gasteiger partial charge in [-0.05, 0) is 63.2 Å². The quantitative estimate of drug-likeness (QED) is 0.389. The number of hydrogen-bond acceptors (Lipinski definition) is 7. The highest BCUT2D eigenvalue weighted by molar-refractivity contribution is 7.07. The minimum absolute atomic E-state index is 0.608. The zero-order valence-corrected chi connectivity index (χ0v) is 20.9. The van der Waals surface area contributed by atoms with E-state index >= 15 is 0 Å². The summed E-state index contributed by atoms with van der Waals surface area (Å²) in [5.74, 6) is -5.51. The van der Waals surface area contributed by atoms with E-state index in [1.165, 1.54) is 22.3 Å². The average molecular weight is 580 g/mol. The number of carbonyl (C=O) groups is 2. The Morgan fingerprint density at radius 1 is 0.923 bits per heavy atom. The van der Waals surface area contributed by atoms with Crippen molar-refractivity contribution in [3.63, 3.8) is 0 Å². The molecule has 0 aliphatic carbocycles. The number of thiophene rings is 1. The molecule has 4 rings (SSSR count). The van der Waals surface area contributed by atoms with Crippen LogP contribution < -0.4 is 0 Å². The van der Waals surface area contributed by atoms with E-state index in [9.17, 15) is 26.3 Å². The van der Waals surface area contributed by atoms with Crippen LogP contribution in [0.4, 0.5) is 26.3 Å². The third-order valence-corrected chi connectivity index (χ3v) is 5.79. The van der Waals surface area contributed by atoms with Gasteiger partial charge in [-0.2, -0.15) is 37.7 Å². The van der Waals surface area contributed by atoms with Crippen molar-refractivity contribution in [3.05, 3.63) is 81.6 Å². The maximum absolute atomic E-state index is 10.6. The zero-order chi connectivity index (χ0) is 29.1. The fraction of sp³-hybridized carbons (Fsp3) is 0.333. The van der Waals surface area contributed by atoms with Gasteiger partial charge in [0.1, 0.15) is 0 Å². The molecule has 0 aromatic carbocycles. The van der Waals surface area contributed by atoms with Gasteiger partial charge in [0.05, 0.1) is 13.2 Å². The SMILES string of the molecule is O=C(O)C(F)(F)F.O=C(O)C(F)(F)F.c1cc(COCc2cncc3c2CCN(Cc2ccsc2)C3)ccn1. The van der Waals surface area contributed by atoms with Crippen molar-refractivity contribution in [2.75, 3.05) is 6.54 Å². The Morgan fingerprint density at radius 2 is 1.54 bits per heavy atom. The van der Waals surface area contributed by atoms with Gasteiger partial charge in [-0.3, -0.25) is 14.9 Å². The Bertz CT molecular complexity index is 1170. The van der Waals surface area contributed by atoms with Gasteiger partial charge < -0.3 is 14.9 Å². The Kier molecular flexibility index (Phi) is 11.8. The molecule has 0 atom stereocenters. The molecule has 0 radical (unpaired) electrons. The second kappa shape index (κ2) is 14.6. The predicted octanol–water partition coefficient (Wildman–Crippen LogP) is 5.08. The van der Waals surface area contributed by atoms with E-state index in [4.69, 9.17) is 24.5 Å². The number of ether oxygens (including phenoxy) is 1. The first-order valence-electron chi connectivity index (χ1n) is 11.0. The van der Waals surface area contributed by atoms with Crippen LogP contribution in [0.2, 0.25) is 0 Å². The lowest BCUT2D eigenvalue weighted by molar-refractivity contribution is -0.193. The molecule has 3 aromatic rings. The molecule has 3 aromatic heterocycles. The zero-order valence-electron chi connectivity index (χ0n) is 20.1. The third-order valence-electron chi connectivity index (χ3n) is 5.05. The van der Waals surface area contributed by atoms with Crippen LogP contribution in [0.1, 0.15) is 27.8 Å². The van der Waals surface area contributed by atoms with Gasteiger partial charge >= 0.3 is 24.3 Å². The largest absolute Gasteiger partial charge is 0.490 e. The van der Waals surface area contributed by atoms with Gasteiger partial charge in [-0.25, -0.2) is 9.59 Å². The lowest BCUT2D eigenvalue weighted by Gasteiger charge is -2.29. The summed E-state index contributed by atoms with van der Waals surface area (Å²) in [6.45, 7) is 4.30. The van der Waals surface area contributed by atoms with E-state index in [0.717, 1.165) is 31.6 Å². The minimum atomic E-state index is -5.08. The molecule has 15 heteroatoms. The maximum atomic E-state index is 10.6. The number of alkyl halides is 6. The number of halogens is 6. The fourth-order valence-corrected chi connectivity index (χ4v) is 3.94. The van der Waals surface area contributed by atoms with Crippen LogP contribution in [0.5, 0.6) is 0 Å². The lowest BCUT2D eigenvalue weighted by Crippen LogP contribution is -2.30. The highest BCUT2D eigenvalue weighted by Gasteiger charge is 2.38. The molecule has 0 bridgehead atoms. The lowest BCUT2D eigenvalue weighted by atomic mass is 9.97. The first-order valence-corrected chi connectivity index (χ1v) is 12.0. The second-order valence-electron chi connectivity index (χ2n) is 7.98. The number of fused-ring (bicyclic) bond motifs is 1. The van der Waals surface area contributed by atoms with E-state index in [1.54, 1.807) is 23.7 Å². The number of carboxylic acids is 2. The van der Waals surface area contributed by atoms with Gasteiger partial charge in [-0.1, -0.05) is 0 Å². The molecular formula is C24H23F6N3O5S. The van der Waals surface area contributed by atoms with Gasteiger partial charge in [0.25, 0.3) is 0 Å². The van der Waals surface area contributed by atoms with Gasteiger partial charge in [0, 0.05) is 44.4 Å². The number of nitrogens with zero attached hydrogens (tertiary/aromatic N) is 3. The Labute approximate surface area is 222 Å². The normalized spacial score (nSPS) is 13.3. The molecule has 0 fully saturated rings. The average Bonchev–Trinajstić information content (AvgIpc) is 3.37. The molecular weight excluding hydrogens is 556 g/mol. The summed E-state index contributed by atoms with van der Waals surface area (Å²) < 4.78 is 69.4. The van der Waals surface area contributed by atoms with Gasteiger partial charge in [0.2, 0.25) is 0 Å². The van der Waals surface area contributed by atoms with Crippen LogP contribution >= 0.6 is 11.3 Å². The van der Waals surface area contributed by atoms with Crippen molar-refractivity contribution in [1.29, 1.82) is 0 Å². The van der Waals surface area contributed by atoms with Crippen molar-refractivity contribution < 1.29 is 50.9 Å². The molecule has 39 heavy (non-hydrogen) atoms. The Balaban J connectivity index is 0.000000317. The molecule has 0 unspecified atom stereocenters. The molecule has 4 heterocycles. The highest BCUT2D eigenvalue weighted by Crippen LogP contribution is 2.24. The van der Waals surface area contributed by atoms with E-state index in [-0.39, 0.29) is 0 Å². The van der Waals surface area contributed by atoms with Crippen molar-refractivity contribution in [1.82, 2.24) is 14.9 Å². The van der Waals surface area contributed by atoms with Crippen molar-refractivity contribution >= 4 is 23.3 Å². The van der Waals surface area contributed by atoms with Crippen LogP contribution in [0.25, 0.3) is 0 Å². The molecule has 212 valence electrons. The summed E-state index contributed by atoms with van der Waals surface area (Å²) >= 11 is 1.76. The van der Waals surface area contributed by atoms with Crippen LogP contribution in [-0.2, 0) is 47.1 Å². The van der Waals surface area contributed by atoms with E-state index < -0.39 is 24.3 Å². The summed E-state index contributed by atoms with van der Waals surface area (Å²) in [6, 6.07) is 6.18. The predicted molar refractivity (Wildman–Crippen MR) is 126 cm³/mol. The number of aromatic nitrogens is 2. The number of hydrogen-bond donors (Lipinski definition) is 2. The fourth-order valence-electron chi connectivity index (χ4n) is 3.28. The second-order valence-corrected chi connectivity index (χ2v) is 8.76. The maximum Gasteiger partial charge on any atom is 0.490 e. The van der Waals surface area contributed by atoms with E-state index in [0.29, 0.717) is 13.2 Å². The topological polar surface area (TPSA) is 113 Å². The van der Waals surface area contributed by atoms with Crippen molar-refractivity contribution in [2.24, 2.45) is 0 Å². The first kappa shape index (κ1) is 31.7. The van der Waals surface area contributed by atoms with Gasteiger partial charge in [0.15, 0.2) is 0 Å². The summed E-state index contributed by atoms with van der Waals surface area (Å²) in [6.07, 6.45) is -1.53. The molecule has 0 saturated heterocycles. The summed E-state index contributed by atoms with van der Waals surface area (Å²) in [5, 5.41) is 18.6. The smallest absolute Gasteiger partial charge is 0.475 e. The van der Waals surface area contributed by atoms with Crippen LogP contribution in [0.15, 0.2) is 53.7 Å². The summed E-state index contributed by atoms with van der Waals surface area (Å²) in [4.78, 5) is 28.8. The van der Waals surface area contributed by atoms with Crippen molar-refractivity contribution in [3.8, 4) is 0 Å². The van der Waals surface area contributed by atoms with Crippen LogP contribution in [-0.4, -0.2) is 55.9 Å². The highest BCUT2D eigenvalue weighted by atomic mass is 32.1. The van der Waals surface area contributed by atoms with Crippen LogP contribution in [0.3, 0.4) is 0 Å². The molecule has 1 aliphatic rings. The summed E-state index contributed by atoms with van der Waals surface area (Å²) in [5.41, 5.74) is 6.53. The standard InChI is InChI=1S/C20H21N3OS.2C2HF3O2/c1-5-21-6-2-16(1)13-24-14-19-10-22-9-18-12-23(7-3-20(18)19)11-17-4-8-25-15-17;2*3-2(4,5)1(6)7/h1-2,4-6,8-10,15H,3,7,11-14H2;2*(H,6,7). The number of rotatable bonds is 6. The molecule has 8 nitrogen and oxygen atoms in total. The Hall–Kier alpha value is -3.56. The van der Waals surface area contributed by atoms with Gasteiger partial charge in [-0.15, -0.1) is 0 Å². The summed E-state index contributed by atoms with van der Waals surface area (Å²) in [7, 11) is 0. The van der Waals surface area contributed by atoms with E-state index in [2.05, 4.69) is 31.7 Å². The number of carboxylic acid groups (broad SMARTS) is 2. The molecule has 0 spiro atoms. The Morgan fingerprint density at radius 3 is 2.08 bits per heavy atom. The molecule has 0 amide bonds. The van der Waals surface area contributed by atoms with E-state index in [1.807, 2.05) is 24.5 Å². The number of pyridine rings is 2. The monoisotopic (exact) mass is 579 g/mol. The third kappa shape index (κ3) is 11.4. The molecule has 2 N–H and O–H groups in total. The molecule has 1 aliphatic heterocycles. The van der Waals surface area contributed by atoms with Crippen molar-refractivity contribution in [2.45, 2.75) is 45.1 Å².